The second-order valence-corrected chi connectivity index (χ2v) is 13.9. The molecule has 0 unspecified atom stereocenters. The molecule has 0 saturated carbocycles. The van der Waals surface area contributed by atoms with Gasteiger partial charge in [-0.05, 0) is 56.6 Å². The van der Waals surface area contributed by atoms with Crippen molar-refractivity contribution in [2.24, 2.45) is 0 Å². The molecule has 0 amide bonds. The Morgan fingerprint density at radius 1 is 0.359 bits per heavy atom. The minimum atomic E-state index is -3.08. The Morgan fingerprint density at radius 2 is 0.872 bits per heavy atom. The summed E-state index contributed by atoms with van der Waals surface area (Å²) in [6.07, 6.45) is 0. The number of fused-ring (bicyclic) bond motifs is 9. The van der Waals surface area contributed by atoms with Gasteiger partial charge in [-0.2, -0.15) is 0 Å². The minimum absolute atomic E-state index is 0.854. The van der Waals surface area contributed by atoms with Gasteiger partial charge in [0.15, 0.2) is 7.14 Å². The van der Waals surface area contributed by atoms with Gasteiger partial charge in [-0.3, -0.25) is 0 Å². The summed E-state index contributed by atoms with van der Waals surface area (Å²) in [6, 6.07) is 48.4. The van der Waals surface area contributed by atoms with E-state index >= 15 is 4.57 Å². The zero-order valence-electron chi connectivity index (χ0n) is 21.0. The van der Waals surface area contributed by atoms with Gasteiger partial charge >= 0.3 is 0 Å². The second-order valence-electron chi connectivity index (χ2n) is 10.0. The van der Waals surface area contributed by atoms with Crippen LogP contribution in [0.5, 0.6) is 0 Å². The number of benzene rings is 7. The number of hydrogen-bond donors (Lipinski definition) is 0. The largest absolute Gasteiger partial charge is 0.309 e. The van der Waals surface area contributed by atoms with E-state index in [1.54, 1.807) is 0 Å². The maximum Gasteiger partial charge on any atom is 0.171 e. The Kier molecular flexibility index (Phi) is 5.04. The maximum absolute atomic E-state index is 15.1. The third-order valence-electron chi connectivity index (χ3n) is 7.92. The highest BCUT2D eigenvalue weighted by Gasteiger charge is 2.30. The summed E-state index contributed by atoms with van der Waals surface area (Å²) in [6.45, 7) is 0. The molecule has 0 saturated heterocycles. The van der Waals surface area contributed by atoms with E-state index in [0.29, 0.717) is 0 Å². The topological polar surface area (TPSA) is 17.1 Å². The standard InChI is InChI=1S/C36H23OPS/c37-38(24-11-3-1-4-12-24,25-13-5-2-6-14-25)26-19-20-29-31(21-26)27-15-7-8-16-28(27)32-22-34-30-17-9-10-18-35(30)39-36(34)23-33(29)32/h1-23H. The molecule has 0 bridgehead atoms. The van der Waals surface area contributed by atoms with Gasteiger partial charge in [0.2, 0.25) is 0 Å². The smallest absolute Gasteiger partial charge is 0.171 e. The van der Waals surface area contributed by atoms with Crippen molar-refractivity contribution in [3.8, 4) is 0 Å². The molecule has 1 nitrogen and oxygen atoms in total. The molecule has 0 radical (unpaired) electrons. The SMILES string of the molecule is O=P(c1ccccc1)(c1ccccc1)c1ccc2c(c1)c1ccccc1c1cc3c(cc21)sc1ccccc13. The molecule has 7 aromatic carbocycles. The van der Waals surface area contributed by atoms with Crippen LogP contribution in [-0.2, 0) is 4.57 Å². The summed E-state index contributed by atoms with van der Waals surface area (Å²) in [5.41, 5.74) is 0. The fourth-order valence-corrected chi connectivity index (χ4v) is 9.88. The lowest BCUT2D eigenvalue weighted by Gasteiger charge is -2.21. The van der Waals surface area contributed by atoms with Gasteiger partial charge in [0.25, 0.3) is 0 Å². The first-order valence-electron chi connectivity index (χ1n) is 13.1. The van der Waals surface area contributed by atoms with Gasteiger partial charge in [-0.1, -0.05) is 115 Å². The Balaban J connectivity index is 1.49. The van der Waals surface area contributed by atoms with Crippen molar-refractivity contribution in [2.75, 3.05) is 0 Å². The molecule has 8 aromatic rings. The van der Waals surface area contributed by atoms with E-state index in [1.165, 1.54) is 47.1 Å². The number of thiophene rings is 1. The van der Waals surface area contributed by atoms with Crippen LogP contribution in [0.3, 0.4) is 0 Å². The fraction of sp³-hybridized carbons (Fsp3) is 0. The number of hydrogen-bond acceptors (Lipinski definition) is 2. The summed E-state index contributed by atoms with van der Waals surface area (Å²) >= 11 is 1.85. The van der Waals surface area contributed by atoms with E-state index in [9.17, 15) is 0 Å². The van der Waals surface area contributed by atoms with Crippen LogP contribution >= 0.6 is 18.5 Å². The first kappa shape index (κ1) is 22.7. The quantitative estimate of drug-likeness (QED) is 0.163. The van der Waals surface area contributed by atoms with Crippen LogP contribution < -0.4 is 15.9 Å². The van der Waals surface area contributed by atoms with E-state index in [0.717, 1.165) is 21.3 Å². The van der Waals surface area contributed by atoms with Gasteiger partial charge in [0.05, 0.1) is 0 Å². The van der Waals surface area contributed by atoms with Crippen LogP contribution in [0, 0.1) is 0 Å². The van der Waals surface area contributed by atoms with Crippen molar-refractivity contribution in [3.05, 3.63) is 140 Å². The molecule has 39 heavy (non-hydrogen) atoms. The van der Waals surface area contributed by atoms with Crippen LogP contribution in [0.4, 0.5) is 0 Å². The summed E-state index contributed by atoms with van der Waals surface area (Å²) in [4.78, 5) is 0. The molecule has 0 aliphatic rings. The average molecular weight is 535 g/mol. The summed E-state index contributed by atoms with van der Waals surface area (Å²) in [7, 11) is -3.08. The molecular weight excluding hydrogens is 511 g/mol. The Hall–Kier alpha value is -4.23. The molecule has 0 spiro atoms. The molecule has 3 heteroatoms. The van der Waals surface area contributed by atoms with Gasteiger partial charge in [-0.25, -0.2) is 0 Å². The second kappa shape index (κ2) is 8.64. The monoisotopic (exact) mass is 534 g/mol. The van der Waals surface area contributed by atoms with Crippen molar-refractivity contribution in [1.82, 2.24) is 0 Å². The third-order valence-corrected chi connectivity index (χ3v) is 12.1. The number of rotatable bonds is 3. The van der Waals surface area contributed by atoms with E-state index in [2.05, 4.69) is 78.9 Å². The van der Waals surface area contributed by atoms with Crippen molar-refractivity contribution in [3.63, 3.8) is 0 Å². The Morgan fingerprint density at radius 3 is 1.54 bits per heavy atom. The van der Waals surface area contributed by atoms with Gasteiger partial charge in [0, 0.05) is 36.1 Å². The zero-order valence-corrected chi connectivity index (χ0v) is 22.8. The van der Waals surface area contributed by atoms with Crippen molar-refractivity contribution >= 4 is 86.9 Å². The predicted octanol–water partition coefficient (Wildman–Crippen LogP) is 9.15. The summed E-state index contributed by atoms with van der Waals surface area (Å²) in [5.74, 6) is 0. The van der Waals surface area contributed by atoms with Gasteiger partial charge in [0.1, 0.15) is 0 Å². The van der Waals surface area contributed by atoms with E-state index in [-0.39, 0.29) is 0 Å². The molecule has 0 N–H and O–H groups in total. The molecule has 8 rings (SSSR count). The molecule has 0 aliphatic carbocycles. The molecular formula is C36H23OPS. The van der Waals surface area contributed by atoms with Crippen molar-refractivity contribution in [2.45, 2.75) is 0 Å². The highest BCUT2D eigenvalue weighted by molar-refractivity contribution is 7.85. The minimum Gasteiger partial charge on any atom is -0.309 e. The lowest BCUT2D eigenvalue weighted by Crippen LogP contribution is -2.24. The first-order valence-corrected chi connectivity index (χ1v) is 15.7. The molecule has 0 aliphatic heterocycles. The molecule has 0 fully saturated rings. The normalized spacial score (nSPS) is 12.2. The van der Waals surface area contributed by atoms with Crippen molar-refractivity contribution in [1.29, 1.82) is 0 Å². The van der Waals surface area contributed by atoms with Gasteiger partial charge in [-0.15, -0.1) is 11.3 Å². The molecule has 1 aromatic heterocycles. The van der Waals surface area contributed by atoms with Crippen LogP contribution in [0.1, 0.15) is 0 Å². The summed E-state index contributed by atoms with van der Waals surface area (Å²) < 4.78 is 17.7. The van der Waals surface area contributed by atoms with Gasteiger partial charge < -0.3 is 4.57 Å². The molecule has 1 heterocycles. The third kappa shape index (κ3) is 3.36. The van der Waals surface area contributed by atoms with Crippen LogP contribution in [0.15, 0.2) is 140 Å². The fourth-order valence-electron chi connectivity index (χ4n) is 6.08. The summed E-state index contributed by atoms with van der Waals surface area (Å²) in [5, 5.41) is 12.4. The van der Waals surface area contributed by atoms with Crippen LogP contribution in [0.2, 0.25) is 0 Å². The maximum atomic E-state index is 15.1. The van der Waals surface area contributed by atoms with Crippen LogP contribution in [-0.4, -0.2) is 0 Å². The zero-order chi connectivity index (χ0) is 26.0. The van der Waals surface area contributed by atoms with Crippen LogP contribution in [0.25, 0.3) is 52.5 Å². The Bertz CT molecular complexity index is 2200. The highest BCUT2D eigenvalue weighted by Crippen LogP contribution is 2.45. The predicted molar refractivity (Wildman–Crippen MR) is 171 cm³/mol. The lowest BCUT2D eigenvalue weighted by atomic mass is 9.93. The lowest BCUT2D eigenvalue weighted by molar-refractivity contribution is 0.592. The molecule has 184 valence electrons. The van der Waals surface area contributed by atoms with E-state index < -0.39 is 7.14 Å². The highest BCUT2D eigenvalue weighted by atomic mass is 32.1. The average Bonchev–Trinajstić information content (AvgIpc) is 3.38. The van der Waals surface area contributed by atoms with E-state index in [4.69, 9.17) is 0 Å². The molecule has 0 atom stereocenters. The first-order chi connectivity index (χ1) is 19.2. The Labute approximate surface area is 230 Å². The van der Waals surface area contributed by atoms with E-state index in [1.807, 2.05) is 72.0 Å². The van der Waals surface area contributed by atoms with Crippen molar-refractivity contribution < 1.29 is 4.57 Å².